The summed E-state index contributed by atoms with van der Waals surface area (Å²) in [5.41, 5.74) is 0.931. The van der Waals surface area contributed by atoms with E-state index in [0.717, 1.165) is 11.8 Å². The predicted molar refractivity (Wildman–Crippen MR) is 76.6 cm³/mol. The van der Waals surface area contributed by atoms with Crippen LogP contribution < -0.4 is 10.1 Å². The van der Waals surface area contributed by atoms with Crippen molar-refractivity contribution in [3.8, 4) is 11.6 Å². The van der Waals surface area contributed by atoms with Crippen molar-refractivity contribution in [2.75, 3.05) is 13.3 Å². The average molecular weight is 292 g/mol. The summed E-state index contributed by atoms with van der Waals surface area (Å²) in [4.78, 5) is 4.10. The number of benzene rings is 1. The number of ether oxygens (including phenoxy) is 1. The number of pyridine rings is 1. The minimum atomic E-state index is -3.38. The zero-order valence-electron chi connectivity index (χ0n) is 11.3. The summed E-state index contributed by atoms with van der Waals surface area (Å²) < 4.78 is 29.1. The zero-order chi connectivity index (χ0) is 14.6. The molecule has 1 aromatic carbocycles. The fourth-order valence-electron chi connectivity index (χ4n) is 1.78. The van der Waals surface area contributed by atoms with Gasteiger partial charge in [0.15, 0.2) is 9.84 Å². The van der Waals surface area contributed by atoms with E-state index in [1.165, 1.54) is 12.3 Å². The quantitative estimate of drug-likeness (QED) is 0.913. The summed E-state index contributed by atoms with van der Waals surface area (Å²) in [6.45, 7) is 0.622. The van der Waals surface area contributed by atoms with Gasteiger partial charge in [0, 0.05) is 24.6 Å². The summed E-state index contributed by atoms with van der Waals surface area (Å²) in [6, 6.07) is 10.5. The van der Waals surface area contributed by atoms with Crippen molar-refractivity contribution in [1.29, 1.82) is 0 Å². The highest BCUT2D eigenvalue weighted by atomic mass is 32.2. The molecule has 6 heteroatoms. The van der Waals surface area contributed by atoms with Crippen LogP contribution in [0.3, 0.4) is 0 Å². The van der Waals surface area contributed by atoms with Crippen molar-refractivity contribution in [2.45, 2.75) is 11.4 Å². The van der Waals surface area contributed by atoms with E-state index in [1.54, 1.807) is 12.1 Å². The maximum atomic E-state index is 11.7. The van der Waals surface area contributed by atoms with Gasteiger partial charge in [-0.25, -0.2) is 13.4 Å². The van der Waals surface area contributed by atoms with E-state index in [2.05, 4.69) is 10.3 Å². The van der Waals surface area contributed by atoms with E-state index in [1.807, 2.05) is 25.2 Å². The van der Waals surface area contributed by atoms with Crippen molar-refractivity contribution in [1.82, 2.24) is 10.3 Å². The molecule has 0 unspecified atom stereocenters. The highest BCUT2D eigenvalue weighted by molar-refractivity contribution is 7.90. The summed E-state index contributed by atoms with van der Waals surface area (Å²) >= 11 is 0. The second-order valence-electron chi connectivity index (χ2n) is 4.32. The third kappa shape index (κ3) is 3.34. The van der Waals surface area contributed by atoms with Crippen LogP contribution in [0.15, 0.2) is 47.5 Å². The first-order valence-electron chi connectivity index (χ1n) is 6.08. The monoisotopic (exact) mass is 292 g/mol. The number of rotatable bonds is 5. The minimum Gasteiger partial charge on any atom is -0.437 e. The van der Waals surface area contributed by atoms with Crippen LogP contribution in [0.1, 0.15) is 5.56 Å². The van der Waals surface area contributed by atoms with Gasteiger partial charge in [-0.3, -0.25) is 0 Å². The SMILES string of the molecule is CNCc1ccccc1Oc1ncccc1S(C)(=O)=O. The molecule has 2 aromatic rings. The van der Waals surface area contributed by atoms with Gasteiger partial charge in [-0.15, -0.1) is 0 Å². The van der Waals surface area contributed by atoms with Crippen molar-refractivity contribution in [3.63, 3.8) is 0 Å². The molecular weight excluding hydrogens is 276 g/mol. The lowest BCUT2D eigenvalue weighted by atomic mass is 10.2. The summed E-state index contributed by atoms with van der Waals surface area (Å²) in [6.07, 6.45) is 2.64. The van der Waals surface area contributed by atoms with Crippen LogP contribution in [0, 0.1) is 0 Å². The van der Waals surface area contributed by atoms with Gasteiger partial charge >= 0.3 is 0 Å². The lowest BCUT2D eigenvalue weighted by Gasteiger charge is -2.12. The Hall–Kier alpha value is -1.92. The lowest BCUT2D eigenvalue weighted by Crippen LogP contribution is -2.07. The second-order valence-corrected chi connectivity index (χ2v) is 6.30. The van der Waals surface area contributed by atoms with Gasteiger partial charge in [0.1, 0.15) is 10.6 Å². The third-order valence-electron chi connectivity index (χ3n) is 2.68. The Kier molecular flexibility index (Phi) is 4.36. The summed E-state index contributed by atoms with van der Waals surface area (Å²) in [5.74, 6) is 0.684. The zero-order valence-corrected chi connectivity index (χ0v) is 12.1. The van der Waals surface area contributed by atoms with Crippen LogP contribution in [0.4, 0.5) is 0 Å². The Morgan fingerprint density at radius 1 is 1.20 bits per heavy atom. The summed E-state index contributed by atoms with van der Waals surface area (Å²) in [5, 5.41) is 3.04. The molecule has 0 radical (unpaired) electrons. The van der Waals surface area contributed by atoms with Crippen LogP contribution in [0.5, 0.6) is 11.6 Å². The fourth-order valence-corrected chi connectivity index (χ4v) is 2.52. The second kappa shape index (κ2) is 6.02. The molecule has 1 heterocycles. The maximum Gasteiger partial charge on any atom is 0.238 e. The topological polar surface area (TPSA) is 68.3 Å². The lowest BCUT2D eigenvalue weighted by molar-refractivity contribution is 0.441. The molecular formula is C14H16N2O3S. The van der Waals surface area contributed by atoms with Gasteiger partial charge < -0.3 is 10.1 Å². The molecule has 0 aliphatic heterocycles. The first-order valence-corrected chi connectivity index (χ1v) is 7.97. The molecule has 20 heavy (non-hydrogen) atoms. The Morgan fingerprint density at radius 2 is 1.95 bits per heavy atom. The van der Waals surface area contributed by atoms with Crippen molar-refractivity contribution < 1.29 is 13.2 Å². The number of aromatic nitrogens is 1. The van der Waals surface area contributed by atoms with Crippen molar-refractivity contribution in [3.05, 3.63) is 48.2 Å². The molecule has 2 rings (SSSR count). The normalized spacial score (nSPS) is 11.3. The van der Waals surface area contributed by atoms with E-state index >= 15 is 0 Å². The molecule has 1 aromatic heterocycles. The van der Waals surface area contributed by atoms with E-state index < -0.39 is 9.84 Å². The Balaban J connectivity index is 2.41. The third-order valence-corrected chi connectivity index (χ3v) is 3.79. The first kappa shape index (κ1) is 14.5. The number of hydrogen-bond donors (Lipinski definition) is 1. The average Bonchev–Trinajstić information content (AvgIpc) is 2.41. The molecule has 1 N–H and O–H groups in total. The summed E-state index contributed by atoms with van der Waals surface area (Å²) in [7, 11) is -1.55. The van der Waals surface area contributed by atoms with Crippen molar-refractivity contribution in [2.24, 2.45) is 0 Å². The van der Waals surface area contributed by atoms with Crippen LogP contribution in [0.2, 0.25) is 0 Å². The van der Waals surface area contributed by atoms with Crippen molar-refractivity contribution >= 4 is 9.84 Å². The van der Waals surface area contributed by atoms with Crippen LogP contribution >= 0.6 is 0 Å². The van der Waals surface area contributed by atoms with E-state index in [4.69, 9.17) is 4.74 Å². The van der Waals surface area contributed by atoms with Gasteiger partial charge in [-0.2, -0.15) is 0 Å². The standard InChI is InChI=1S/C14H16N2O3S/c1-15-10-11-6-3-4-7-12(11)19-14-13(20(2,17)18)8-5-9-16-14/h3-9,15H,10H2,1-2H3. The van der Waals surface area contributed by atoms with Gasteiger partial charge in [0.2, 0.25) is 5.88 Å². The predicted octanol–water partition coefficient (Wildman–Crippen LogP) is 2.00. The van der Waals surface area contributed by atoms with Gasteiger partial charge in [-0.05, 0) is 25.2 Å². The molecule has 0 saturated heterocycles. The van der Waals surface area contributed by atoms with Gasteiger partial charge in [0.25, 0.3) is 0 Å². The number of nitrogens with zero attached hydrogens (tertiary/aromatic N) is 1. The Bertz CT molecular complexity index is 699. The molecule has 106 valence electrons. The molecule has 0 bridgehead atoms. The number of sulfone groups is 1. The molecule has 0 saturated carbocycles. The molecule has 0 amide bonds. The van der Waals surface area contributed by atoms with Gasteiger partial charge in [-0.1, -0.05) is 18.2 Å². The Morgan fingerprint density at radius 3 is 2.65 bits per heavy atom. The minimum absolute atomic E-state index is 0.0826. The fraction of sp³-hybridized carbons (Fsp3) is 0.214. The highest BCUT2D eigenvalue weighted by Gasteiger charge is 2.16. The van der Waals surface area contributed by atoms with E-state index in [-0.39, 0.29) is 10.8 Å². The number of nitrogens with one attached hydrogen (secondary N) is 1. The van der Waals surface area contributed by atoms with Crippen LogP contribution in [-0.2, 0) is 16.4 Å². The first-order chi connectivity index (χ1) is 9.52. The smallest absolute Gasteiger partial charge is 0.238 e. The van der Waals surface area contributed by atoms with Gasteiger partial charge in [0.05, 0.1) is 0 Å². The maximum absolute atomic E-state index is 11.7. The molecule has 0 aliphatic carbocycles. The molecule has 0 fully saturated rings. The van der Waals surface area contributed by atoms with Crippen LogP contribution in [-0.4, -0.2) is 26.7 Å². The number of para-hydroxylation sites is 1. The molecule has 0 spiro atoms. The van der Waals surface area contributed by atoms with Crippen LogP contribution in [0.25, 0.3) is 0 Å². The molecule has 0 atom stereocenters. The molecule has 5 nitrogen and oxygen atoms in total. The van der Waals surface area contributed by atoms with E-state index in [0.29, 0.717) is 12.3 Å². The molecule has 0 aliphatic rings. The number of hydrogen-bond acceptors (Lipinski definition) is 5. The Labute approximate surface area is 118 Å². The highest BCUT2D eigenvalue weighted by Crippen LogP contribution is 2.28. The largest absolute Gasteiger partial charge is 0.437 e. The van der Waals surface area contributed by atoms with E-state index in [9.17, 15) is 8.42 Å².